The van der Waals surface area contributed by atoms with Crippen molar-refractivity contribution in [2.24, 2.45) is 5.41 Å². The monoisotopic (exact) mass is 360 g/mol. The first-order valence-electron chi connectivity index (χ1n) is 7.66. The molecule has 1 saturated carbocycles. The molecule has 0 radical (unpaired) electrons. The molecule has 138 valence electrons. The zero-order valence-corrected chi connectivity index (χ0v) is 14.0. The SMILES string of the molecule is CCOC1CC(NC(=O)c2ccc(C(F)(F)F)cn2)(C(=O)O)C1(C)C. The van der Waals surface area contributed by atoms with Crippen LogP contribution in [0.25, 0.3) is 0 Å². The number of hydrogen-bond donors (Lipinski definition) is 2. The van der Waals surface area contributed by atoms with Crippen LogP contribution in [0.5, 0.6) is 0 Å². The summed E-state index contributed by atoms with van der Waals surface area (Å²) in [5.41, 5.74) is -3.74. The summed E-state index contributed by atoms with van der Waals surface area (Å²) in [4.78, 5) is 27.6. The first kappa shape index (κ1) is 19.2. The second kappa shape index (κ2) is 6.29. The van der Waals surface area contributed by atoms with Gasteiger partial charge in [-0.1, -0.05) is 13.8 Å². The predicted octanol–water partition coefficient (Wildman–Crippen LogP) is 2.49. The summed E-state index contributed by atoms with van der Waals surface area (Å²) in [7, 11) is 0. The Morgan fingerprint density at radius 2 is 2.04 bits per heavy atom. The molecule has 9 heteroatoms. The van der Waals surface area contributed by atoms with Crippen LogP contribution in [-0.4, -0.2) is 40.2 Å². The van der Waals surface area contributed by atoms with Crippen molar-refractivity contribution >= 4 is 11.9 Å². The molecule has 25 heavy (non-hydrogen) atoms. The zero-order valence-electron chi connectivity index (χ0n) is 14.0. The van der Waals surface area contributed by atoms with Gasteiger partial charge in [-0.25, -0.2) is 4.79 Å². The van der Waals surface area contributed by atoms with E-state index in [0.717, 1.165) is 12.1 Å². The lowest BCUT2D eigenvalue weighted by atomic mass is 9.54. The smallest absolute Gasteiger partial charge is 0.417 e. The van der Waals surface area contributed by atoms with Gasteiger partial charge in [-0.3, -0.25) is 9.78 Å². The average Bonchev–Trinajstić information content (AvgIpc) is 2.52. The van der Waals surface area contributed by atoms with E-state index in [2.05, 4.69) is 10.3 Å². The standard InChI is InChI=1S/C16H19F3N2O4/c1-4-25-11-7-15(13(23)24,14(11,2)3)21-12(22)10-6-5-9(8-20-10)16(17,18)19/h5-6,8,11H,4,7H2,1-3H3,(H,21,22)(H,23,24). The van der Waals surface area contributed by atoms with Crippen LogP contribution in [-0.2, 0) is 15.7 Å². The van der Waals surface area contributed by atoms with Crippen LogP contribution < -0.4 is 5.32 Å². The van der Waals surface area contributed by atoms with Gasteiger partial charge in [0.05, 0.1) is 11.7 Å². The van der Waals surface area contributed by atoms with Crippen LogP contribution in [0.4, 0.5) is 13.2 Å². The Balaban J connectivity index is 2.21. The van der Waals surface area contributed by atoms with Gasteiger partial charge in [-0.2, -0.15) is 13.2 Å². The highest BCUT2D eigenvalue weighted by Crippen LogP contribution is 2.51. The molecule has 1 aromatic heterocycles. The average molecular weight is 360 g/mol. The van der Waals surface area contributed by atoms with E-state index in [0.29, 0.717) is 12.8 Å². The van der Waals surface area contributed by atoms with E-state index in [1.165, 1.54) is 0 Å². The molecule has 0 spiro atoms. The van der Waals surface area contributed by atoms with E-state index in [1.807, 2.05) is 0 Å². The van der Waals surface area contributed by atoms with Crippen molar-refractivity contribution in [2.45, 2.75) is 45.0 Å². The third kappa shape index (κ3) is 3.20. The summed E-state index contributed by atoms with van der Waals surface area (Å²) in [5, 5.41) is 12.0. The van der Waals surface area contributed by atoms with Gasteiger partial charge in [-0.05, 0) is 19.1 Å². The first-order chi connectivity index (χ1) is 11.5. The molecule has 2 N–H and O–H groups in total. The summed E-state index contributed by atoms with van der Waals surface area (Å²) in [6.45, 7) is 5.50. The quantitative estimate of drug-likeness (QED) is 0.842. The van der Waals surface area contributed by atoms with E-state index in [4.69, 9.17) is 4.74 Å². The number of carbonyl (C=O) groups excluding carboxylic acids is 1. The molecule has 1 aliphatic carbocycles. The summed E-state index contributed by atoms with van der Waals surface area (Å²) in [6.07, 6.45) is -4.31. The van der Waals surface area contributed by atoms with E-state index in [-0.39, 0.29) is 18.2 Å². The van der Waals surface area contributed by atoms with Crippen LogP contribution in [0.1, 0.15) is 43.2 Å². The van der Waals surface area contributed by atoms with Crippen LogP contribution in [0, 0.1) is 5.41 Å². The highest BCUT2D eigenvalue weighted by molar-refractivity contribution is 5.97. The van der Waals surface area contributed by atoms with E-state index < -0.39 is 34.6 Å². The summed E-state index contributed by atoms with van der Waals surface area (Å²) < 4.78 is 43.1. The van der Waals surface area contributed by atoms with Gasteiger partial charge >= 0.3 is 12.1 Å². The Labute approximate surface area is 142 Å². The fraction of sp³-hybridized carbons (Fsp3) is 0.562. The molecule has 0 aromatic carbocycles. The van der Waals surface area contributed by atoms with Gasteiger partial charge in [0.1, 0.15) is 11.2 Å². The number of pyridine rings is 1. The first-order valence-corrected chi connectivity index (χ1v) is 7.66. The third-order valence-electron chi connectivity index (χ3n) is 4.78. The molecule has 2 unspecified atom stereocenters. The highest BCUT2D eigenvalue weighted by Gasteiger charge is 2.66. The second-order valence-electron chi connectivity index (χ2n) is 6.46. The van der Waals surface area contributed by atoms with Crippen molar-refractivity contribution in [3.63, 3.8) is 0 Å². The molecule has 1 amide bonds. The maximum absolute atomic E-state index is 12.5. The van der Waals surface area contributed by atoms with Crippen LogP contribution in [0.3, 0.4) is 0 Å². The molecule has 1 heterocycles. The minimum atomic E-state index is -4.56. The number of ether oxygens (including phenoxy) is 1. The van der Waals surface area contributed by atoms with E-state index in [9.17, 15) is 27.9 Å². The number of aliphatic carboxylic acids is 1. The molecule has 1 aliphatic rings. The minimum absolute atomic E-state index is 0.0650. The molecule has 0 bridgehead atoms. The fourth-order valence-corrected chi connectivity index (χ4v) is 2.99. The highest BCUT2D eigenvalue weighted by atomic mass is 19.4. The van der Waals surface area contributed by atoms with Gasteiger partial charge in [0, 0.05) is 24.6 Å². The number of alkyl halides is 3. The molecular formula is C16H19F3N2O4. The topological polar surface area (TPSA) is 88.5 Å². The number of nitrogens with one attached hydrogen (secondary N) is 1. The third-order valence-corrected chi connectivity index (χ3v) is 4.78. The Bertz CT molecular complexity index is 673. The maximum Gasteiger partial charge on any atom is 0.417 e. The van der Waals surface area contributed by atoms with Crippen molar-refractivity contribution in [1.82, 2.24) is 10.3 Å². The van der Waals surface area contributed by atoms with Gasteiger partial charge in [0.2, 0.25) is 0 Å². The lowest BCUT2D eigenvalue weighted by Gasteiger charge is -2.58. The van der Waals surface area contributed by atoms with Crippen molar-refractivity contribution in [1.29, 1.82) is 0 Å². The van der Waals surface area contributed by atoms with E-state index in [1.54, 1.807) is 20.8 Å². The second-order valence-corrected chi connectivity index (χ2v) is 6.46. The number of hydrogen-bond acceptors (Lipinski definition) is 4. The number of carboxylic acid groups (broad SMARTS) is 1. The van der Waals surface area contributed by atoms with Gasteiger partial charge < -0.3 is 15.2 Å². The minimum Gasteiger partial charge on any atom is -0.479 e. The number of amides is 1. The van der Waals surface area contributed by atoms with Gasteiger partial charge in [0.25, 0.3) is 5.91 Å². The molecule has 1 aromatic rings. The molecule has 0 aliphatic heterocycles. The van der Waals surface area contributed by atoms with Gasteiger partial charge in [0.15, 0.2) is 0 Å². The Morgan fingerprint density at radius 3 is 2.44 bits per heavy atom. The molecule has 0 saturated heterocycles. The molecule has 1 fully saturated rings. The summed E-state index contributed by atoms with van der Waals surface area (Å²) >= 11 is 0. The number of nitrogens with zero attached hydrogens (tertiary/aromatic N) is 1. The maximum atomic E-state index is 12.5. The van der Waals surface area contributed by atoms with Gasteiger partial charge in [-0.15, -0.1) is 0 Å². The van der Waals surface area contributed by atoms with Crippen molar-refractivity contribution in [3.05, 3.63) is 29.6 Å². The van der Waals surface area contributed by atoms with Crippen LogP contribution in [0.15, 0.2) is 18.3 Å². The largest absolute Gasteiger partial charge is 0.479 e. The summed E-state index contributed by atoms with van der Waals surface area (Å²) in [6, 6.07) is 1.64. The summed E-state index contributed by atoms with van der Waals surface area (Å²) in [5.74, 6) is -2.08. The van der Waals surface area contributed by atoms with Crippen molar-refractivity contribution in [3.8, 4) is 0 Å². The predicted molar refractivity (Wildman–Crippen MR) is 80.9 cm³/mol. The van der Waals surface area contributed by atoms with E-state index >= 15 is 0 Å². The lowest BCUT2D eigenvalue weighted by molar-refractivity contribution is -0.190. The Morgan fingerprint density at radius 1 is 1.40 bits per heavy atom. The molecule has 2 atom stereocenters. The Kier molecular flexibility index (Phi) is 4.82. The number of rotatable bonds is 5. The number of carboxylic acids is 1. The van der Waals surface area contributed by atoms with Crippen molar-refractivity contribution < 1.29 is 32.6 Å². The van der Waals surface area contributed by atoms with Crippen molar-refractivity contribution in [2.75, 3.05) is 6.61 Å². The zero-order chi connectivity index (χ0) is 19.0. The normalized spacial score (nSPS) is 25.1. The molecular weight excluding hydrogens is 341 g/mol. The van der Waals surface area contributed by atoms with Crippen LogP contribution in [0.2, 0.25) is 0 Å². The number of aromatic nitrogens is 1. The Hall–Kier alpha value is -2.16. The number of halogens is 3. The molecule has 6 nitrogen and oxygen atoms in total. The molecule has 2 rings (SSSR count). The fourth-order valence-electron chi connectivity index (χ4n) is 2.99. The number of carbonyl (C=O) groups is 2. The van der Waals surface area contributed by atoms with Crippen LogP contribution >= 0.6 is 0 Å². The lowest BCUT2D eigenvalue weighted by Crippen LogP contribution is -2.76.